The van der Waals surface area contributed by atoms with E-state index in [9.17, 15) is 4.79 Å². The molecule has 0 aliphatic heterocycles. The number of fused-ring (bicyclic) bond motifs is 1. The van der Waals surface area contributed by atoms with Crippen molar-refractivity contribution in [1.29, 1.82) is 0 Å². The minimum absolute atomic E-state index is 0.108. The van der Waals surface area contributed by atoms with Crippen LogP contribution in [0.1, 0.15) is 31.9 Å². The standard InChI is InChI=1S/C18H21ClN6O/c1-3-14(11-5-7-12(19)8-6-11)22-18(26)23-16-9-15-13(10-21-16)17(20-4-2)25-24-15/h5-10,14H,3-4H2,1-2H3,(H2,20,24,25)(H2,21,22,23,26)/t14-/m1/s1. The third-order valence-corrected chi connectivity index (χ3v) is 4.27. The minimum atomic E-state index is -0.315. The normalized spacial score (nSPS) is 12.0. The van der Waals surface area contributed by atoms with Crippen LogP contribution < -0.4 is 16.0 Å². The van der Waals surface area contributed by atoms with Crippen LogP contribution in [-0.2, 0) is 0 Å². The number of aromatic amines is 1. The van der Waals surface area contributed by atoms with Crippen molar-refractivity contribution in [2.75, 3.05) is 17.2 Å². The Bertz CT molecular complexity index is 892. The van der Waals surface area contributed by atoms with Crippen LogP contribution in [0.3, 0.4) is 0 Å². The molecule has 8 heteroatoms. The molecular formula is C18H21ClN6O. The van der Waals surface area contributed by atoms with Crippen LogP contribution in [0.4, 0.5) is 16.4 Å². The number of rotatable bonds is 6. The van der Waals surface area contributed by atoms with Gasteiger partial charge in [0.05, 0.1) is 16.9 Å². The third kappa shape index (κ3) is 4.05. The molecule has 2 aromatic heterocycles. The number of urea groups is 1. The van der Waals surface area contributed by atoms with Gasteiger partial charge in [0.2, 0.25) is 0 Å². The molecule has 0 saturated heterocycles. The van der Waals surface area contributed by atoms with E-state index >= 15 is 0 Å². The highest BCUT2D eigenvalue weighted by molar-refractivity contribution is 6.30. The lowest BCUT2D eigenvalue weighted by atomic mass is 10.1. The molecule has 4 N–H and O–H groups in total. The predicted octanol–water partition coefficient (Wildman–Crippen LogP) is 4.32. The number of carbonyl (C=O) groups is 1. The number of hydrogen-bond acceptors (Lipinski definition) is 4. The number of nitrogens with one attached hydrogen (secondary N) is 4. The van der Waals surface area contributed by atoms with Gasteiger partial charge in [0.25, 0.3) is 0 Å². The number of halogens is 1. The summed E-state index contributed by atoms with van der Waals surface area (Å²) in [5.74, 6) is 1.20. The molecule has 136 valence electrons. The highest BCUT2D eigenvalue weighted by atomic mass is 35.5. The molecular weight excluding hydrogens is 352 g/mol. The number of aromatic nitrogens is 3. The van der Waals surface area contributed by atoms with E-state index in [1.807, 2.05) is 38.1 Å². The van der Waals surface area contributed by atoms with Crippen molar-refractivity contribution in [3.63, 3.8) is 0 Å². The Morgan fingerprint density at radius 3 is 2.73 bits per heavy atom. The van der Waals surface area contributed by atoms with Crippen LogP contribution in [0.5, 0.6) is 0 Å². The van der Waals surface area contributed by atoms with Gasteiger partial charge in [-0.25, -0.2) is 9.78 Å². The SMILES string of the molecule is CCNc1n[nH]c2cc(NC(=O)N[C@H](CC)c3ccc(Cl)cc3)ncc12. The number of H-pyrrole nitrogens is 1. The van der Waals surface area contributed by atoms with Crippen molar-refractivity contribution in [3.05, 3.63) is 47.1 Å². The summed E-state index contributed by atoms with van der Waals surface area (Å²) in [6.45, 7) is 4.78. The molecule has 0 aliphatic rings. The van der Waals surface area contributed by atoms with Gasteiger partial charge < -0.3 is 10.6 Å². The molecule has 2 amide bonds. The van der Waals surface area contributed by atoms with Crippen molar-refractivity contribution < 1.29 is 4.79 Å². The van der Waals surface area contributed by atoms with Crippen LogP contribution in [0.25, 0.3) is 10.9 Å². The Balaban J connectivity index is 1.68. The smallest absolute Gasteiger partial charge is 0.320 e. The highest BCUT2D eigenvalue weighted by Crippen LogP contribution is 2.22. The zero-order valence-corrected chi connectivity index (χ0v) is 15.4. The second kappa shape index (κ2) is 8.05. The Hall–Kier alpha value is -2.80. The van der Waals surface area contributed by atoms with E-state index < -0.39 is 0 Å². The molecule has 0 radical (unpaired) electrons. The van der Waals surface area contributed by atoms with Crippen molar-refractivity contribution in [2.24, 2.45) is 0 Å². The largest absolute Gasteiger partial charge is 0.368 e. The number of pyridine rings is 1. The molecule has 0 saturated carbocycles. The van der Waals surface area contributed by atoms with E-state index in [1.54, 1.807) is 12.3 Å². The van der Waals surface area contributed by atoms with E-state index in [4.69, 9.17) is 11.6 Å². The molecule has 0 fully saturated rings. The highest BCUT2D eigenvalue weighted by Gasteiger charge is 2.14. The van der Waals surface area contributed by atoms with E-state index in [1.165, 1.54) is 0 Å². The maximum Gasteiger partial charge on any atom is 0.320 e. The van der Waals surface area contributed by atoms with Gasteiger partial charge in [-0.15, -0.1) is 0 Å². The third-order valence-electron chi connectivity index (χ3n) is 4.02. The van der Waals surface area contributed by atoms with Crippen molar-refractivity contribution in [3.8, 4) is 0 Å². The lowest BCUT2D eigenvalue weighted by molar-refractivity contribution is 0.248. The number of nitrogens with zero attached hydrogens (tertiary/aromatic N) is 2. The topological polar surface area (TPSA) is 94.7 Å². The predicted molar refractivity (Wildman–Crippen MR) is 105 cm³/mol. The second-order valence-corrected chi connectivity index (χ2v) is 6.26. The summed E-state index contributed by atoms with van der Waals surface area (Å²) in [5, 5.41) is 17.6. The fourth-order valence-corrected chi connectivity index (χ4v) is 2.84. The van der Waals surface area contributed by atoms with Crippen LogP contribution in [0, 0.1) is 0 Å². The van der Waals surface area contributed by atoms with Crippen molar-refractivity contribution >= 4 is 40.2 Å². The summed E-state index contributed by atoms with van der Waals surface area (Å²) in [7, 11) is 0. The van der Waals surface area contributed by atoms with Crippen LogP contribution >= 0.6 is 11.6 Å². The fraction of sp³-hybridized carbons (Fsp3) is 0.278. The summed E-state index contributed by atoms with van der Waals surface area (Å²) in [5.41, 5.74) is 1.80. The fourth-order valence-electron chi connectivity index (χ4n) is 2.71. The lowest BCUT2D eigenvalue weighted by Crippen LogP contribution is -2.32. The van der Waals surface area contributed by atoms with E-state index in [0.29, 0.717) is 10.8 Å². The molecule has 0 aliphatic carbocycles. The molecule has 0 unspecified atom stereocenters. The number of benzene rings is 1. The summed E-state index contributed by atoms with van der Waals surface area (Å²) >= 11 is 5.92. The van der Waals surface area contributed by atoms with E-state index in [2.05, 4.69) is 31.1 Å². The van der Waals surface area contributed by atoms with Gasteiger partial charge >= 0.3 is 6.03 Å². The first kappa shape index (κ1) is 18.0. The van der Waals surface area contributed by atoms with Gasteiger partial charge in [-0.3, -0.25) is 10.4 Å². The zero-order valence-electron chi connectivity index (χ0n) is 14.6. The first-order valence-corrected chi connectivity index (χ1v) is 8.89. The summed E-state index contributed by atoms with van der Waals surface area (Å²) in [6.07, 6.45) is 2.44. The van der Waals surface area contributed by atoms with Gasteiger partial charge in [-0.1, -0.05) is 30.7 Å². The maximum atomic E-state index is 12.3. The first-order valence-electron chi connectivity index (χ1n) is 8.51. The minimum Gasteiger partial charge on any atom is -0.368 e. The zero-order chi connectivity index (χ0) is 18.5. The average molecular weight is 373 g/mol. The van der Waals surface area contributed by atoms with Crippen molar-refractivity contribution in [1.82, 2.24) is 20.5 Å². The monoisotopic (exact) mass is 372 g/mol. The van der Waals surface area contributed by atoms with Gasteiger partial charge in [0.1, 0.15) is 5.82 Å². The molecule has 26 heavy (non-hydrogen) atoms. The van der Waals surface area contributed by atoms with Gasteiger partial charge in [0, 0.05) is 23.8 Å². The molecule has 0 spiro atoms. The molecule has 2 heterocycles. The summed E-state index contributed by atoms with van der Waals surface area (Å²) in [4.78, 5) is 16.6. The number of amides is 2. The second-order valence-electron chi connectivity index (χ2n) is 5.83. The number of carbonyl (C=O) groups excluding carboxylic acids is 1. The summed E-state index contributed by atoms with van der Waals surface area (Å²) in [6, 6.07) is 8.78. The average Bonchev–Trinajstić information content (AvgIpc) is 3.03. The van der Waals surface area contributed by atoms with Gasteiger partial charge in [-0.05, 0) is 31.0 Å². The maximum absolute atomic E-state index is 12.3. The summed E-state index contributed by atoms with van der Waals surface area (Å²) < 4.78 is 0. The quantitative estimate of drug-likeness (QED) is 0.518. The molecule has 1 atom stereocenters. The number of hydrogen-bond donors (Lipinski definition) is 4. The Kier molecular flexibility index (Phi) is 5.58. The molecule has 3 rings (SSSR count). The van der Waals surface area contributed by atoms with Crippen LogP contribution in [0.2, 0.25) is 5.02 Å². The molecule has 0 bridgehead atoms. The van der Waals surface area contributed by atoms with E-state index in [0.717, 1.165) is 35.2 Å². The Labute approximate surface area is 156 Å². The molecule has 7 nitrogen and oxygen atoms in total. The van der Waals surface area contributed by atoms with Crippen molar-refractivity contribution in [2.45, 2.75) is 26.3 Å². The number of anilines is 2. The van der Waals surface area contributed by atoms with Gasteiger partial charge in [0.15, 0.2) is 5.82 Å². The molecule has 3 aromatic rings. The lowest BCUT2D eigenvalue weighted by Gasteiger charge is -2.18. The van der Waals surface area contributed by atoms with Gasteiger partial charge in [-0.2, -0.15) is 5.10 Å². The first-order chi connectivity index (χ1) is 12.6. The van der Waals surface area contributed by atoms with E-state index in [-0.39, 0.29) is 12.1 Å². The van der Waals surface area contributed by atoms with Crippen LogP contribution in [0.15, 0.2) is 36.5 Å². The van der Waals surface area contributed by atoms with Crippen LogP contribution in [-0.4, -0.2) is 27.8 Å². The molecule has 1 aromatic carbocycles. The Morgan fingerprint density at radius 2 is 2.04 bits per heavy atom. The Morgan fingerprint density at radius 1 is 1.27 bits per heavy atom.